The second-order valence-corrected chi connectivity index (χ2v) is 4.56. The van der Waals surface area contributed by atoms with Crippen LogP contribution < -0.4 is 5.32 Å². The Bertz CT molecular complexity index is 350. The van der Waals surface area contributed by atoms with Gasteiger partial charge in [0, 0.05) is 13.2 Å². The van der Waals surface area contributed by atoms with Crippen molar-refractivity contribution in [2.45, 2.75) is 25.0 Å². The smallest absolute Gasteiger partial charge is 0.0823 e. The number of benzene rings is 1. The molecule has 0 atom stereocenters. The average molecular weight is 246 g/mol. The number of rotatable bonds is 3. The van der Waals surface area contributed by atoms with E-state index >= 15 is 0 Å². The minimum atomic E-state index is 0.389. The summed E-state index contributed by atoms with van der Waals surface area (Å²) in [7, 11) is 1.74. The summed E-state index contributed by atoms with van der Waals surface area (Å²) in [5, 5.41) is 4.54. The zero-order chi connectivity index (χ0) is 10.8. The van der Waals surface area contributed by atoms with Crippen LogP contribution in [0.2, 0.25) is 10.0 Å². The van der Waals surface area contributed by atoms with E-state index in [-0.39, 0.29) is 0 Å². The lowest BCUT2D eigenvalue weighted by Gasteiger charge is -2.35. The fourth-order valence-corrected chi connectivity index (χ4v) is 2.07. The Morgan fingerprint density at radius 3 is 2.73 bits per heavy atom. The Morgan fingerprint density at radius 1 is 1.33 bits per heavy atom. The third-order valence-corrected chi connectivity index (χ3v) is 3.56. The third kappa shape index (κ3) is 2.39. The first kappa shape index (κ1) is 11.1. The quantitative estimate of drug-likeness (QED) is 0.880. The van der Waals surface area contributed by atoms with Gasteiger partial charge in [-0.05, 0) is 25.0 Å². The van der Waals surface area contributed by atoms with Crippen LogP contribution in [0.25, 0.3) is 0 Å². The Balaban J connectivity index is 1.97. The molecule has 0 bridgehead atoms. The van der Waals surface area contributed by atoms with Crippen LogP contribution in [0.5, 0.6) is 0 Å². The standard InChI is InChI=1S/C11H13Cl2NO/c1-15-8-5-7(6-8)14-10-4-2-3-9(12)11(10)13/h2-4,7-8,14H,5-6H2,1H3. The first-order valence-corrected chi connectivity index (χ1v) is 5.69. The molecule has 1 aliphatic carbocycles. The number of methoxy groups -OCH3 is 1. The first-order chi connectivity index (χ1) is 7.20. The largest absolute Gasteiger partial charge is 0.381 e. The minimum Gasteiger partial charge on any atom is -0.381 e. The van der Waals surface area contributed by atoms with E-state index in [1.807, 2.05) is 12.1 Å². The molecule has 4 heteroatoms. The predicted molar refractivity (Wildman–Crippen MR) is 63.9 cm³/mol. The summed E-state index contributed by atoms with van der Waals surface area (Å²) in [5.41, 5.74) is 0.906. The lowest BCUT2D eigenvalue weighted by atomic mass is 9.89. The minimum absolute atomic E-state index is 0.389. The number of anilines is 1. The van der Waals surface area contributed by atoms with Crippen molar-refractivity contribution in [1.82, 2.24) is 0 Å². The maximum absolute atomic E-state index is 6.06. The summed E-state index contributed by atoms with van der Waals surface area (Å²) in [4.78, 5) is 0. The molecule has 0 radical (unpaired) electrons. The number of halogens is 2. The van der Waals surface area contributed by atoms with Gasteiger partial charge in [0.2, 0.25) is 0 Å². The van der Waals surface area contributed by atoms with E-state index in [1.54, 1.807) is 13.2 Å². The molecule has 1 N–H and O–H groups in total. The highest BCUT2D eigenvalue weighted by Crippen LogP contribution is 2.33. The van der Waals surface area contributed by atoms with Gasteiger partial charge >= 0.3 is 0 Å². The van der Waals surface area contributed by atoms with Gasteiger partial charge in [0.05, 0.1) is 21.8 Å². The molecule has 0 saturated heterocycles. The van der Waals surface area contributed by atoms with Crippen molar-refractivity contribution in [2.75, 3.05) is 12.4 Å². The fourth-order valence-electron chi connectivity index (χ4n) is 1.71. The molecule has 2 nitrogen and oxygen atoms in total. The maximum Gasteiger partial charge on any atom is 0.0823 e. The second-order valence-electron chi connectivity index (χ2n) is 3.77. The van der Waals surface area contributed by atoms with E-state index in [2.05, 4.69) is 5.32 Å². The fraction of sp³-hybridized carbons (Fsp3) is 0.455. The van der Waals surface area contributed by atoms with E-state index in [1.165, 1.54) is 0 Å². The van der Waals surface area contributed by atoms with E-state index in [0.717, 1.165) is 18.5 Å². The summed E-state index contributed by atoms with van der Waals surface area (Å²) in [6, 6.07) is 6.07. The van der Waals surface area contributed by atoms with Gasteiger partial charge in [-0.15, -0.1) is 0 Å². The van der Waals surface area contributed by atoms with Crippen molar-refractivity contribution in [3.8, 4) is 0 Å². The maximum atomic E-state index is 6.06. The van der Waals surface area contributed by atoms with Gasteiger partial charge in [0.15, 0.2) is 0 Å². The van der Waals surface area contributed by atoms with Crippen LogP contribution in [0.3, 0.4) is 0 Å². The molecule has 0 spiro atoms. The molecule has 2 rings (SSSR count). The van der Waals surface area contributed by atoms with E-state index in [0.29, 0.717) is 22.2 Å². The average Bonchev–Trinajstić information content (AvgIpc) is 2.17. The Labute approximate surface area is 99.5 Å². The van der Waals surface area contributed by atoms with Crippen molar-refractivity contribution >= 4 is 28.9 Å². The summed E-state index contributed by atoms with van der Waals surface area (Å²) < 4.78 is 5.21. The molecule has 1 aromatic rings. The Kier molecular flexibility index (Phi) is 3.39. The molecule has 1 fully saturated rings. The van der Waals surface area contributed by atoms with Gasteiger partial charge in [-0.25, -0.2) is 0 Å². The lowest BCUT2D eigenvalue weighted by molar-refractivity contribution is 0.0329. The highest BCUT2D eigenvalue weighted by Gasteiger charge is 2.29. The zero-order valence-electron chi connectivity index (χ0n) is 8.47. The molecule has 0 heterocycles. The van der Waals surface area contributed by atoms with Crippen LogP contribution in [0.1, 0.15) is 12.8 Å². The Morgan fingerprint density at radius 2 is 2.07 bits per heavy atom. The number of nitrogens with one attached hydrogen (secondary N) is 1. The van der Waals surface area contributed by atoms with Crippen molar-refractivity contribution in [1.29, 1.82) is 0 Å². The summed E-state index contributed by atoms with van der Waals surface area (Å²) in [6.45, 7) is 0. The molecule has 82 valence electrons. The number of hydrogen-bond acceptors (Lipinski definition) is 2. The first-order valence-electron chi connectivity index (χ1n) is 4.94. The summed E-state index contributed by atoms with van der Waals surface area (Å²) in [6.07, 6.45) is 2.44. The van der Waals surface area contributed by atoms with Gasteiger partial charge in [-0.1, -0.05) is 29.3 Å². The van der Waals surface area contributed by atoms with Crippen LogP contribution >= 0.6 is 23.2 Å². The normalized spacial score (nSPS) is 24.7. The van der Waals surface area contributed by atoms with Crippen LogP contribution in [0.4, 0.5) is 5.69 Å². The van der Waals surface area contributed by atoms with Crippen molar-refractivity contribution in [2.24, 2.45) is 0 Å². The van der Waals surface area contributed by atoms with Gasteiger partial charge in [0.1, 0.15) is 0 Å². The van der Waals surface area contributed by atoms with Crippen molar-refractivity contribution in [3.05, 3.63) is 28.2 Å². The molecule has 1 saturated carbocycles. The molecule has 1 aromatic carbocycles. The molecular weight excluding hydrogens is 233 g/mol. The van der Waals surface area contributed by atoms with E-state index in [4.69, 9.17) is 27.9 Å². The van der Waals surface area contributed by atoms with Crippen LogP contribution in [0.15, 0.2) is 18.2 Å². The van der Waals surface area contributed by atoms with Gasteiger partial charge in [-0.2, -0.15) is 0 Å². The topological polar surface area (TPSA) is 21.3 Å². The van der Waals surface area contributed by atoms with E-state index in [9.17, 15) is 0 Å². The van der Waals surface area contributed by atoms with Gasteiger partial charge < -0.3 is 10.1 Å². The van der Waals surface area contributed by atoms with E-state index < -0.39 is 0 Å². The number of hydrogen-bond donors (Lipinski definition) is 1. The molecule has 0 aliphatic heterocycles. The van der Waals surface area contributed by atoms with Crippen molar-refractivity contribution in [3.63, 3.8) is 0 Å². The molecule has 15 heavy (non-hydrogen) atoms. The van der Waals surface area contributed by atoms with Gasteiger partial charge in [-0.3, -0.25) is 0 Å². The Hall–Kier alpha value is -0.440. The molecule has 0 amide bonds. The second kappa shape index (κ2) is 4.60. The molecular formula is C11H13Cl2NO. The predicted octanol–water partition coefficient (Wildman–Crippen LogP) is 3.58. The zero-order valence-corrected chi connectivity index (χ0v) is 9.98. The SMILES string of the molecule is COC1CC(Nc2cccc(Cl)c2Cl)C1. The lowest BCUT2D eigenvalue weighted by Crippen LogP contribution is -2.40. The molecule has 0 aromatic heterocycles. The summed E-state index contributed by atoms with van der Waals surface area (Å²) >= 11 is 12.0. The summed E-state index contributed by atoms with van der Waals surface area (Å²) in [5.74, 6) is 0. The van der Waals surface area contributed by atoms with Crippen LogP contribution in [0, 0.1) is 0 Å². The van der Waals surface area contributed by atoms with Crippen LogP contribution in [-0.4, -0.2) is 19.3 Å². The monoisotopic (exact) mass is 245 g/mol. The highest BCUT2D eigenvalue weighted by molar-refractivity contribution is 6.43. The van der Waals surface area contributed by atoms with Gasteiger partial charge in [0.25, 0.3) is 0 Å². The molecule has 1 aliphatic rings. The molecule has 0 unspecified atom stereocenters. The third-order valence-electron chi connectivity index (χ3n) is 2.74. The van der Waals surface area contributed by atoms with Crippen molar-refractivity contribution < 1.29 is 4.74 Å². The highest BCUT2D eigenvalue weighted by atomic mass is 35.5. The van der Waals surface area contributed by atoms with Crippen LogP contribution in [-0.2, 0) is 4.74 Å². The number of ether oxygens (including phenoxy) is 1.